The first kappa shape index (κ1) is 25.0. The zero-order valence-electron chi connectivity index (χ0n) is 18.7. The Morgan fingerprint density at radius 2 is 1.74 bits per heavy atom. The summed E-state index contributed by atoms with van der Waals surface area (Å²) in [4.78, 5) is 42.1. The average molecular weight is 533 g/mol. The third kappa shape index (κ3) is 5.29. The van der Waals surface area contributed by atoms with Crippen LogP contribution in [0.25, 0.3) is 10.4 Å². The van der Waals surface area contributed by atoms with Crippen LogP contribution in [0.3, 0.4) is 0 Å². The minimum atomic E-state index is -1.00. The van der Waals surface area contributed by atoms with Crippen LogP contribution in [-0.4, -0.2) is 54.2 Å². The van der Waals surface area contributed by atoms with E-state index in [2.05, 4.69) is 0 Å². The summed E-state index contributed by atoms with van der Waals surface area (Å²) in [5, 5.41) is 9.95. The third-order valence-corrected chi connectivity index (χ3v) is 7.58. The number of carbonyl (C=O) groups is 3. The molecule has 2 aromatic carbocycles. The van der Waals surface area contributed by atoms with Crippen molar-refractivity contribution in [3.63, 3.8) is 0 Å². The molecule has 0 aliphatic carbocycles. The molecular weight excluding hydrogens is 511 g/mol. The fourth-order valence-electron chi connectivity index (χ4n) is 4.12. The highest BCUT2D eigenvalue weighted by atomic mass is 35.5. The van der Waals surface area contributed by atoms with Crippen LogP contribution in [0, 0.1) is 0 Å². The number of ether oxygens (including phenoxy) is 1. The van der Waals surface area contributed by atoms with Crippen LogP contribution in [-0.2, 0) is 4.74 Å². The highest BCUT2D eigenvalue weighted by Gasteiger charge is 2.35. The monoisotopic (exact) mass is 532 g/mol. The SMILES string of the molecule is COC(=O)c1sc(-c2ccccc2)cc1N(C(=O)c1ccc(Cl)cc1Cl)C1CCN(C(=O)O)CC1. The number of methoxy groups -OCH3 is 1. The van der Waals surface area contributed by atoms with Crippen molar-refractivity contribution in [2.45, 2.75) is 18.9 Å². The van der Waals surface area contributed by atoms with Gasteiger partial charge in [0.1, 0.15) is 4.88 Å². The van der Waals surface area contributed by atoms with Gasteiger partial charge in [0.15, 0.2) is 0 Å². The molecular formula is C25H22Cl2N2O5S. The largest absolute Gasteiger partial charge is 0.465 e. The Hall–Kier alpha value is -3.07. The van der Waals surface area contributed by atoms with Crippen LogP contribution in [0.1, 0.15) is 32.9 Å². The Morgan fingerprint density at radius 3 is 2.34 bits per heavy atom. The van der Waals surface area contributed by atoms with Gasteiger partial charge in [0.2, 0.25) is 0 Å². The summed E-state index contributed by atoms with van der Waals surface area (Å²) in [7, 11) is 1.29. The number of nitrogens with zero attached hydrogens (tertiary/aromatic N) is 2. The van der Waals surface area contributed by atoms with Crippen LogP contribution >= 0.6 is 34.5 Å². The Morgan fingerprint density at radius 1 is 1.06 bits per heavy atom. The van der Waals surface area contributed by atoms with E-state index >= 15 is 0 Å². The molecule has 1 aliphatic heterocycles. The maximum absolute atomic E-state index is 13.9. The van der Waals surface area contributed by atoms with E-state index in [1.165, 1.54) is 29.4 Å². The van der Waals surface area contributed by atoms with Gasteiger partial charge in [0.25, 0.3) is 5.91 Å². The lowest BCUT2D eigenvalue weighted by molar-refractivity contribution is 0.0607. The van der Waals surface area contributed by atoms with Gasteiger partial charge in [-0.25, -0.2) is 9.59 Å². The molecule has 1 N–H and O–H groups in total. The molecule has 35 heavy (non-hydrogen) atoms. The number of carboxylic acid groups (broad SMARTS) is 1. The van der Waals surface area contributed by atoms with E-state index in [0.29, 0.717) is 23.6 Å². The molecule has 0 unspecified atom stereocenters. The molecule has 10 heteroatoms. The van der Waals surface area contributed by atoms with Crippen molar-refractivity contribution in [3.8, 4) is 10.4 Å². The maximum atomic E-state index is 13.9. The van der Waals surface area contributed by atoms with Crippen molar-refractivity contribution < 1.29 is 24.2 Å². The van der Waals surface area contributed by atoms with Gasteiger partial charge in [0.05, 0.1) is 23.4 Å². The van der Waals surface area contributed by atoms with E-state index in [4.69, 9.17) is 27.9 Å². The van der Waals surface area contributed by atoms with E-state index in [1.54, 1.807) is 23.1 Å². The minimum Gasteiger partial charge on any atom is -0.465 e. The van der Waals surface area contributed by atoms with Crippen molar-refractivity contribution in [1.29, 1.82) is 0 Å². The lowest BCUT2D eigenvalue weighted by Crippen LogP contribution is -2.49. The van der Waals surface area contributed by atoms with E-state index in [1.807, 2.05) is 30.3 Å². The predicted molar refractivity (Wildman–Crippen MR) is 137 cm³/mol. The number of hydrogen-bond donors (Lipinski definition) is 1. The molecule has 1 fully saturated rings. The Labute approximate surface area is 216 Å². The van der Waals surface area contributed by atoms with Gasteiger partial charge in [-0.3, -0.25) is 4.79 Å². The first-order valence-corrected chi connectivity index (χ1v) is 12.4. The number of esters is 1. The second-order valence-electron chi connectivity index (χ2n) is 7.98. The van der Waals surface area contributed by atoms with Crippen molar-refractivity contribution in [1.82, 2.24) is 4.90 Å². The maximum Gasteiger partial charge on any atom is 0.407 e. The van der Waals surface area contributed by atoms with Crippen LogP contribution < -0.4 is 4.90 Å². The number of piperidine rings is 1. The molecule has 7 nitrogen and oxygen atoms in total. The molecule has 0 atom stereocenters. The molecule has 0 saturated carbocycles. The molecule has 2 amide bonds. The first-order chi connectivity index (χ1) is 16.8. The molecule has 182 valence electrons. The van der Waals surface area contributed by atoms with E-state index in [0.717, 1.165) is 10.4 Å². The number of halogens is 2. The highest BCUT2D eigenvalue weighted by Crippen LogP contribution is 2.40. The van der Waals surface area contributed by atoms with Gasteiger partial charge in [0, 0.05) is 29.0 Å². The van der Waals surface area contributed by atoms with Gasteiger partial charge < -0.3 is 19.6 Å². The fourth-order valence-corrected chi connectivity index (χ4v) is 5.69. The number of anilines is 1. The summed E-state index contributed by atoms with van der Waals surface area (Å²) in [5.74, 6) is -0.960. The normalized spacial score (nSPS) is 14.0. The average Bonchev–Trinajstić information content (AvgIpc) is 3.29. The quantitative estimate of drug-likeness (QED) is 0.389. The summed E-state index contributed by atoms with van der Waals surface area (Å²) in [6.07, 6.45) is -0.194. The van der Waals surface area contributed by atoms with Crippen molar-refractivity contribution in [3.05, 3.63) is 75.1 Å². The Kier molecular flexibility index (Phi) is 7.64. The fraction of sp³-hybridized carbons (Fsp3) is 0.240. The molecule has 1 aromatic heterocycles. The van der Waals surface area contributed by atoms with Crippen LogP contribution in [0.2, 0.25) is 10.0 Å². The topological polar surface area (TPSA) is 87.2 Å². The van der Waals surface area contributed by atoms with Crippen LogP contribution in [0.4, 0.5) is 10.5 Å². The third-order valence-electron chi connectivity index (χ3n) is 5.88. The second-order valence-corrected chi connectivity index (χ2v) is 9.88. The van der Waals surface area contributed by atoms with Crippen molar-refractivity contribution in [2.24, 2.45) is 0 Å². The van der Waals surface area contributed by atoms with Crippen molar-refractivity contribution in [2.75, 3.05) is 25.1 Å². The number of thiophene rings is 1. The number of likely N-dealkylation sites (tertiary alicyclic amines) is 1. The molecule has 0 spiro atoms. The molecule has 0 radical (unpaired) electrons. The molecule has 2 heterocycles. The number of carbonyl (C=O) groups excluding carboxylic acids is 2. The Bertz CT molecular complexity index is 1260. The summed E-state index contributed by atoms with van der Waals surface area (Å²) in [6, 6.07) is 15.6. The number of benzene rings is 2. The molecule has 4 rings (SSSR count). The summed E-state index contributed by atoms with van der Waals surface area (Å²) < 4.78 is 5.04. The molecule has 0 bridgehead atoms. The van der Waals surface area contributed by atoms with Gasteiger partial charge in [-0.1, -0.05) is 53.5 Å². The Balaban J connectivity index is 1.83. The molecule has 1 aliphatic rings. The second kappa shape index (κ2) is 10.7. The van der Waals surface area contributed by atoms with Gasteiger partial charge in [-0.2, -0.15) is 0 Å². The van der Waals surface area contributed by atoms with Crippen LogP contribution in [0.15, 0.2) is 54.6 Å². The number of rotatable bonds is 5. The zero-order chi connectivity index (χ0) is 25.1. The lowest BCUT2D eigenvalue weighted by Gasteiger charge is -2.37. The summed E-state index contributed by atoms with van der Waals surface area (Å²) in [6.45, 7) is 0.530. The zero-order valence-corrected chi connectivity index (χ0v) is 21.1. The van der Waals surface area contributed by atoms with E-state index < -0.39 is 18.0 Å². The van der Waals surface area contributed by atoms with E-state index in [-0.39, 0.29) is 34.6 Å². The summed E-state index contributed by atoms with van der Waals surface area (Å²) in [5.41, 5.74) is 1.54. The minimum absolute atomic E-state index is 0.189. The van der Waals surface area contributed by atoms with Crippen molar-refractivity contribution >= 4 is 58.2 Å². The highest BCUT2D eigenvalue weighted by molar-refractivity contribution is 7.18. The lowest BCUT2D eigenvalue weighted by atomic mass is 10.0. The number of hydrogen-bond acceptors (Lipinski definition) is 5. The molecule has 1 saturated heterocycles. The van der Waals surface area contributed by atoms with Gasteiger partial charge in [-0.05, 0) is 42.7 Å². The van der Waals surface area contributed by atoms with E-state index in [9.17, 15) is 19.5 Å². The smallest absolute Gasteiger partial charge is 0.407 e. The predicted octanol–water partition coefficient (Wildman–Crippen LogP) is 6.30. The molecule has 3 aromatic rings. The standard InChI is InChI=1S/C25H22Cl2N2O5S/c1-34-24(31)22-20(14-21(35-22)15-5-3-2-4-6-15)29(17-9-11-28(12-10-17)25(32)33)23(30)18-8-7-16(26)13-19(18)27/h2-8,13-14,17H,9-12H2,1H3,(H,32,33). The van der Waals surface area contributed by atoms with Crippen LogP contribution in [0.5, 0.6) is 0 Å². The number of amides is 2. The first-order valence-electron chi connectivity index (χ1n) is 10.8. The van der Waals surface area contributed by atoms with Gasteiger partial charge in [-0.15, -0.1) is 11.3 Å². The van der Waals surface area contributed by atoms with Gasteiger partial charge >= 0.3 is 12.1 Å². The summed E-state index contributed by atoms with van der Waals surface area (Å²) >= 11 is 13.7.